The Morgan fingerprint density at radius 3 is 2.61 bits per heavy atom. The number of hydrogen-bond acceptors (Lipinski definition) is 8. The van der Waals surface area contributed by atoms with Crippen molar-refractivity contribution in [3.05, 3.63) is 46.4 Å². The lowest BCUT2D eigenvalue weighted by Crippen LogP contribution is -2.13. The van der Waals surface area contributed by atoms with Crippen LogP contribution in [-0.2, 0) is 0 Å². The van der Waals surface area contributed by atoms with Crippen LogP contribution in [0, 0.1) is 6.92 Å². The van der Waals surface area contributed by atoms with Gasteiger partial charge in [-0.05, 0) is 31.2 Å². The van der Waals surface area contributed by atoms with E-state index in [1.807, 2.05) is 25.1 Å². The number of nitrogens with two attached hydrogens (primary N) is 1. The second-order valence-electron chi connectivity index (χ2n) is 6.17. The second kappa shape index (κ2) is 6.69. The van der Waals surface area contributed by atoms with Gasteiger partial charge in [0.25, 0.3) is 5.56 Å². The molecule has 0 fully saturated rings. The van der Waals surface area contributed by atoms with E-state index in [1.54, 1.807) is 19.2 Å². The number of anilines is 3. The molecule has 4 N–H and O–H groups in total. The van der Waals surface area contributed by atoms with Crippen molar-refractivity contribution in [2.45, 2.75) is 6.92 Å². The Morgan fingerprint density at radius 2 is 1.86 bits per heavy atom. The standard InChI is InChI=1S/C19H18N6O3/c1-9-12-8-11(27-2)4-5-14(12)22-18(21-9)25-19-23-16-13(17(26)24-19)6-10(20)7-15(16)28-3/h4-8H,20H2,1-3H3,(H2,21,22,23,24,25,26). The monoisotopic (exact) mass is 378 g/mol. The van der Waals surface area contributed by atoms with Crippen LogP contribution in [0.1, 0.15) is 5.69 Å². The number of fused-ring (bicyclic) bond motifs is 2. The molecule has 0 saturated carbocycles. The van der Waals surface area contributed by atoms with Crippen molar-refractivity contribution >= 4 is 39.4 Å². The van der Waals surface area contributed by atoms with Gasteiger partial charge in [-0.15, -0.1) is 0 Å². The van der Waals surface area contributed by atoms with Crippen LogP contribution >= 0.6 is 0 Å². The predicted octanol–water partition coefficient (Wildman–Crippen LogP) is 2.52. The number of rotatable bonds is 4. The Labute approximate surface area is 159 Å². The number of aromatic nitrogens is 4. The molecular weight excluding hydrogens is 360 g/mol. The smallest absolute Gasteiger partial charge is 0.260 e. The number of nitrogen functional groups attached to an aromatic ring is 1. The van der Waals surface area contributed by atoms with Crippen LogP contribution in [-0.4, -0.2) is 34.2 Å². The molecule has 0 unspecified atom stereocenters. The van der Waals surface area contributed by atoms with E-state index in [2.05, 4.69) is 25.3 Å². The summed E-state index contributed by atoms with van der Waals surface area (Å²) in [5, 5.41) is 4.17. The van der Waals surface area contributed by atoms with E-state index in [0.29, 0.717) is 28.3 Å². The number of hydrogen-bond donors (Lipinski definition) is 3. The summed E-state index contributed by atoms with van der Waals surface area (Å²) in [4.78, 5) is 28.5. The minimum Gasteiger partial charge on any atom is -0.497 e. The molecule has 0 atom stereocenters. The summed E-state index contributed by atoms with van der Waals surface area (Å²) in [7, 11) is 3.10. The average Bonchev–Trinajstić information content (AvgIpc) is 2.68. The summed E-state index contributed by atoms with van der Waals surface area (Å²) in [6, 6.07) is 8.71. The molecule has 0 aliphatic heterocycles. The highest BCUT2D eigenvalue weighted by atomic mass is 16.5. The summed E-state index contributed by atoms with van der Waals surface area (Å²) in [6.45, 7) is 1.87. The molecule has 0 saturated heterocycles. The molecule has 0 bridgehead atoms. The number of ether oxygens (including phenoxy) is 2. The first-order valence-corrected chi connectivity index (χ1v) is 8.45. The fourth-order valence-electron chi connectivity index (χ4n) is 3.00. The largest absolute Gasteiger partial charge is 0.497 e. The maximum absolute atomic E-state index is 12.5. The van der Waals surface area contributed by atoms with Gasteiger partial charge in [0.05, 0.1) is 30.8 Å². The lowest BCUT2D eigenvalue weighted by atomic mass is 10.2. The average molecular weight is 378 g/mol. The molecule has 2 aromatic heterocycles. The summed E-state index contributed by atoms with van der Waals surface area (Å²) in [5.74, 6) is 1.65. The molecule has 0 aliphatic carbocycles. The number of methoxy groups -OCH3 is 2. The minimum atomic E-state index is -0.347. The maximum Gasteiger partial charge on any atom is 0.260 e. The van der Waals surface area contributed by atoms with Crippen molar-refractivity contribution in [3.8, 4) is 11.5 Å². The minimum absolute atomic E-state index is 0.202. The van der Waals surface area contributed by atoms with E-state index in [-0.39, 0.29) is 11.5 Å². The van der Waals surface area contributed by atoms with E-state index < -0.39 is 0 Å². The van der Waals surface area contributed by atoms with Crippen molar-refractivity contribution < 1.29 is 9.47 Å². The molecule has 142 valence electrons. The second-order valence-corrected chi connectivity index (χ2v) is 6.17. The quantitative estimate of drug-likeness (QED) is 0.462. The van der Waals surface area contributed by atoms with E-state index in [9.17, 15) is 4.79 Å². The van der Waals surface area contributed by atoms with Crippen molar-refractivity contribution in [2.75, 3.05) is 25.3 Å². The molecule has 2 aromatic carbocycles. The van der Waals surface area contributed by atoms with Crippen LogP contribution in [0.5, 0.6) is 11.5 Å². The van der Waals surface area contributed by atoms with E-state index in [0.717, 1.165) is 22.3 Å². The molecule has 2 heterocycles. The van der Waals surface area contributed by atoms with Gasteiger partial charge in [-0.1, -0.05) is 0 Å². The van der Waals surface area contributed by atoms with E-state index in [4.69, 9.17) is 15.2 Å². The normalized spacial score (nSPS) is 11.0. The summed E-state index contributed by atoms with van der Waals surface area (Å²) in [5.41, 5.74) is 7.78. The number of H-pyrrole nitrogens is 1. The predicted molar refractivity (Wildman–Crippen MR) is 107 cm³/mol. The fraction of sp³-hybridized carbons (Fsp3) is 0.158. The number of aryl methyl sites for hydroxylation is 1. The number of aromatic amines is 1. The first-order chi connectivity index (χ1) is 13.5. The number of nitrogens with zero attached hydrogens (tertiary/aromatic N) is 3. The van der Waals surface area contributed by atoms with Crippen molar-refractivity contribution in [1.82, 2.24) is 19.9 Å². The highest BCUT2D eigenvalue weighted by Crippen LogP contribution is 2.27. The number of benzene rings is 2. The Bertz CT molecular complexity index is 1270. The van der Waals surface area contributed by atoms with Gasteiger partial charge in [-0.25, -0.2) is 15.0 Å². The molecule has 0 spiro atoms. The summed E-state index contributed by atoms with van der Waals surface area (Å²) >= 11 is 0. The van der Waals surface area contributed by atoms with Crippen molar-refractivity contribution in [1.29, 1.82) is 0 Å². The highest BCUT2D eigenvalue weighted by Gasteiger charge is 2.12. The zero-order chi connectivity index (χ0) is 19.8. The van der Waals surface area contributed by atoms with Gasteiger partial charge in [0, 0.05) is 17.1 Å². The van der Waals surface area contributed by atoms with Gasteiger partial charge < -0.3 is 15.2 Å². The molecule has 0 amide bonds. The molecule has 9 heteroatoms. The fourth-order valence-corrected chi connectivity index (χ4v) is 3.00. The van der Waals surface area contributed by atoms with E-state index >= 15 is 0 Å². The zero-order valence-corrected chi connectivity index (χ0v) is 15.5. The SMILES string of the molecule is COc1ccc2nc(Nc3nc4c(OC)cc(N)cc4c(=O)[nH]3)nc(C)c2c1. The molecule has 0 radical (unpaired) electrons. The lowest BCUT2D eigenvalue weighted by Gasteiger charge is -2.10. The van der Waals surface area contributed by atoms with Crippen LogP contribution in [0.3, 0.4) is 0 Å². The van der Waals surface area contributed by atoms with E-state index in [1.165, 1.54) is 7.11 Å². The van der Waals surface area contributed by atoms with Gasteiger partial charge in [0.1, 0.15) is 17.0 Å². The first kappa shape index (κ1) is 17.5. The Hall–Kier alpha value is -3.88. The summed E-state index contributed by atoms with van der Waals surface area (Å²) in [6.07, 6.45) is 0. The Morgan fingerprint density at radius 1 is 1.04 bits per heavy atom. The van der Waals surface area contributed by atoms with Crippen LogP contribution < -0.4 is 26.1 Å². The zero-order valence-electron chi connectivity index (χ0n) is 15.5. The van der Waals surface area contributed by atoms with Crippen molar-refractivity contribution in [2.24, 2.45) is 0 Å². The Kier molecular flexibility index (Phi) is 4.19. The topological polar surface area (TPSA) is 128 Å². The summed E-state index contributed by atoms with van der Waals surface area (Å²) < 4.78 is 10.5. The maximum atomic E-state index is 12.5. The molecular formula is C19H18N6O3. The molecule has 0 aliphatic rings. The molecule has 4 aromatic rings. The van der Waals surface area contributed by atoms with Gasteiger partial charge in [-0.3, -0.25) is 15.1 Å². The van der Waals surface area contributed by atoms with Crippen LogP contribution in [0.2, 0.25) is 0 Å². The van der Waals surface area contributed by atoms with Gasteiger partial charge in [0.2, 0.25) is 11.9 Å². The van der Waals surface area contributed by atoms with Gasteiger partial charge >= 0.3 is 0 Å². The third-order valence-corrected chi connectivity index (χ3v) is 4.34. The van der Waals surface area contributed by atoms with Crippen LogP contribution in [0.25, 0.3) is 21.8 Å². The lowest BCUT2D eigenvalue weighted by molar-refractivity contribution is 0.415. The highest BCUT2D eigenvalue weighted by molar-refractivity contribution is 5.88. The molecule has 9 nitrogen and oxygen atoms in total. The molecule has 4 rings (SSSR count). The first-order valence-electron chi connectivity index (χ1n) is 8.45. The van der Waals surface area contributed by atoms with Gasteiger partial charge in [0.15, 0.2) is 0 Å². The third-order valence-electron chi connectivity index (χ3n) is 4.34. The van der Waals surface area contributed by atoms with Crippen molar-refractivity contribution in [3.63, 3.8) is 0 Å². The third kappa shape index (κ3) is 3.02. The van der Waals surface area contributed by atoms with Crippen LogP contribution in [0.4, 0.5) is 17.6 Å². The van der Waals surface area contributed by atoms with Crippen LogP contribution in [0.15, 0.2) is 35.1 Å². The Balaban J connectivity index is 1.79. The molecule has 28 heavy (non-hydrogen) atoms. The number of nitrogens with one attached hydrogen (secondary N) is 2. The van der Waals surface area contributed by atoms with Gasteiger partial charge in [-0.2, -0.15) is 0 Å².